The Balaban J connectivity index is 2.79. The molecule has 4 nitrogen and oxygen atoms in total. The van der Waals surface area contributed by atoms with Crippen molar-refractivity contribution in [1.82, 2.24) is 10.0 Å². The monoisotopic (exact) mass is 238 g/mol. The maximum Gasteiger partial charge on any atom is 0.232 e. The summed E-state index contributed by atoms with van der Waals surface area (Å²) in [6.07, 6.45) is 0.174. The van der Waals surface area contributed by atoms with Gasteiger partial charge in [0.05, 0.1) is 12.5 Å². The zero-order valence-electron chi connectivity index (χ0n) is 8.93. The third-order valence-electron chi connectivity index (χ3n) is 2.09. The van der Waals surface area contributed by atoms with Crippen LogP contribution in [0.3, 0.4) is 0 Å². The Morgan fingerprint density at radius 2 is 1.94 bits per heavy atom. The van der Waals surface area contributed by atoms with Gasteiger partial charge in [-0.05, 0) is 5.56 Å². The second kappa shape index (κ2) is 6.17. The summed E-state index contributed by atoms with van der Waals surface area (Å²) in [5, 5.41) is 2.73. The minimum absolute atomic E-state index is 0.166. The van der Waals surface area contributed by atoms with E-state index < -0.39 is 0 Å². The van der Waals surface area contributed by atoms with E-state index in [-0.39, 0.29) is 24.3 Å². The van der Waals surface area contributed by atoms with Crippen LogP contribution in [0.2, 0.25) is 0 Å². The van der Waals surface area contributed by atoms with Gasteiger partial charge in [0.25, 0.3) is 0 Å². The van der Waals surface area contributed by atoms with Gasteiger partial charge in [-0.3, -0.25) is 9.59 Å². The summed E-state index contributed by atoms with van der Waals surface area (Å²) in [7, 11) is 0. The number of nitrogens with one attached hydrogen (secondary N) is 2. The van der Waals surface area contributed by atoms with Crippen molar-refractivity contribution in [3.05, 3.63) is 35.9 Å². The Labute approximate surface area is 100.0 Å². The molecule has 0 aliphatic carbocycles. The Hall–Kier alpha value is -1.49. The fourth-order valence-electron chi connectivity index (χ4n) is 1.41. The Bertz CT molecular complexity index is 368. The van der Waals surface area contributed by atoms with Crippen LogP contribution in [0.15, 0.2) is 30.3 Å². The molecular weight excluding hydrogens is 224 g/mol. The van der Waals surface area contributed by atoms with Gasteiger partial charge >= 0.3 is 0 Å². The SMILES string of the molecule is CC(=O)NC(CC(=O)NS)c1ccccc1. The number of benzene rings is 1. The molecule has 0 saturated heterocycles. The molecule has 86 valence electrons. The largest absolute Gasteiger partial charge is 0.349 e. The standard InChI is InChI=1S/C11H14N2O2S/c1-8(14)12-10(7-11(15)13-16)9-5-3-2-4-6-9/h2-6,10,16H,7H2,1H3,(H,12,14)(H,13,15). The fourth-order valence-corrected chi connectivity index (χ4v) is 1.51. The molecule has 0 heterocycles. The lowest BCUT2D eigenvalue weighted by Gasteiger charge is -2.17. The van der Waals surface area contributed by atoms with Gasteiger partial charge in [0.15, 0.2) is 0 Å². The van der Waals surface area contributed by atoms with Crippen LogP contribution in [0.4, 0.5) is 0 Å². The van der Waals surface area contributed by atoms with E-state index in [9.17, 15) is 9.59 Å². The second-order valence-corrected chi connectivity index (χ2v) is 3.63. The summed E-state index contributed by atoms with van der Waals surface area (Å²) >= 11 is 3.68. The molecule has 16 heavy (non-hydrogen) atoms. The van der Waals surface area contributed by atoms with Crippen LogP contribution in [-0.2, 0) is 9.59 Å². The first-order valence-corrected chi connectivity index (χ1v) is 5.33. The molecule has 0 aliphatic rings. The molecule has 2 N–H and O–H groups in total. The lowest BCUT2D eigenvalue weighted by atomic mass is 10.0. The van der Waals surface area contributed by atoms with Crippen LogP contribution < -0.4 is 10.0 Å². The van der Waals surface area contributed by atoms with Crippen molar-refractivity contribution in [3.8, 4) is 0 Å². The van der Waals surface area contributed by atoms with Crippen LogP contribution in [-0.4, -0.2) is 11.8 Å². The lowest BCUT2D eigenvalue weighted by molar-refractivity contribution is -0.121. The number of amides is 2. The van der Waals surface area contributed by atoms with Crippen molar-refractivity contribution in [3.63, 3.8) is 0 Å². The molecule has 1 unspecified atom stereocenters. The number of hydrogen-bond acceptors (Lipinski definition) is 3. The molecule has 0 saturated carbocycles. The van der Waals surface area contributed by atoms with Gasteiger partial charge in [-0.1, -0.05) is 43.1 Å². The molecule has 0 spiro atoms. The van der Waals surface area contributed by atoms with Crippen molar-refractivity contribution in [2.45, 2.75) is 19.4 Å². The predicted octanol–water partition coefficient (Wildman–Crippen LogP) is 1.21. The third-order valence-corrected chi connectivity index (χ3v) is 2.34. The van der Waals surface area contributed by atoms with E-state index in [4.69, 9.17) is 0 Å². The van der Waals surface area contributed by atoms with Crippen molar-refractivity contribution < 1.29 is 9.59 Å². The third kappa shape index (κ3) is 3.94. The smallest absolute Gasteiger partial charge is 0.232 e. The van der Waals surface area contributed by atoms with Crippen LogP contribution in [0.1, 0.15) is 24.9 Å². The average Bonchev–Trinajstić information content (AvgIpc) is 2.28. The highest BCUT2D eigenvalue weighted by Crippen LogP contribution is 2.16. The van der Waals surface area contributed by atoms with Gasteiger partial charge < -0.3 is 10.0 Å². The van der Waals surface area contributed by atoms with Gasteiger partial charge in [0.1, 0.15) is 0 Å². The summed E-state index contributed by atoms with van der Waals surface area (Å²) in [5.74, 6) is -0.397. The van der Waals surface area contributed by atoms with E-state index in [1.165, 1.54) is 6.92 Å². The number of hydrogen-bond donors (Lipinski definition) is 3. The van der Waals surface area contributed by atoms with E-state index in [0.717, 1.165) is 5.56 Å². The summed E-state index contributed by atoms with van der Waals surface area (Å²) < 4.78 is 2.24. The van der Waals surface area contributed by atoms with E-state index in [2.05, 4.69) is 22.9 Å². The second-order valence-electron chi connectivity index (χ2n) is 3.40. The Morgan fingerprint density at radius 3 is 2.44 bits per heavy atom. The van der Waals surface area contributed by atoms with Crippen molar-refractivity contribution in [1.29, 1.82) is 0 Å². The van der Waals surface area contributed by atoms with Crippen LogP contribution in [0.5, 0.6) is 0 Å². The van der Waals surface area contributed by atoms with E-state index in [1.807, 2.05) is 30.3 Å². The first-order chi connectivity index (χ1) is 7.63. The Kier molecular flexibility index (Phi) is 4.85. The molecule has 1 aromatic carbocycles. The molecule has 2 amide bonds. The highest BCUT2D eigenvalue weighted by Gasteiger charge is 2.15. The quantitative estimate of drug-likeness (QED) is 0.691. The molecular formula is C11H14N2O2S. The van der Waals surface area contributed by atoms with Crippen LogP contribution in [0.25, 0.3) is 0 Å². The first kappa shape index (κ1) is 12.6. The molecule has 1 atom stereocenters. The maximum atomic E-state index is 11.2. The topological polar surface area (TPSA) is 58.2 Å². The number of carbonyl (C=O) groups excluding carboxylic acids is 2. The number of carbonyl (C=O) groups is 2. The molecule has 0 fully saturated rings. The van der Waals surface area contributed by atoms with Crippen LogP contribution in [0, 0.1) is 0 Å². The maximum absolute atomic E-state index is 11.2. The zero-order valence-corrected chi connectivity index (χ0v) is 9.83. The minimum Gasteiger partial charge on any atom is -0.349 e. The summed E-state index contributed by atoms with van der Waals surface area (Å²) in [5.41, 5.74) is 0.898. The van der Waals surface area contributed by atoms with Gasteiger partial charge in [-0.2, -0.15) is 0 Å². The Morgan fingerprint density at radius 1 is 1.31 bits per heavy atom. The number of thiol groups is 1. The molecule has 0 bridgehead atoms. The van der Waals surface area contributed by atoms with Crippen LogP contribution >= 0.6 is 12.8 Å². The first-order valence-electron chi connectivity index (χ1n) is 4.88. The number of rotatable bonds is 4. The van der Waals surface area contributed by atoms with Gasteiger partial charge in [-0.25, -0.2) is 0 Å². The van der Waals surface area contributed by atoms with Crippen molar-refractivity contribution in [2.24, 2.45) is 0 Å². The van der Waals surface area contributed by atoms with Gasteiger partial charge in [0, 0.05) is 6.92 Å². The molecule has 1 rings (SSSR count). The lowest BCUT2D eigenvalue weighted by Crippen LogP contribution is -2.30. The molecule has 0 radical (unpaired) electrons. The van der Waals surface area contributed by atoms with E-state index in [1.54, 1.807) is 0 Å². The minimum atomic E-state index is -0.314. The van der Waals surface area contributed by atoms with E-state index in [0.29, 0.717) is 0 Å². The highest BCUT2D eigenvalue weighted by molar-refractivity contribution is 7.78. The fraction of sp³-hybridized carbons (Fsp3) is 0.273. The summed E-state index contributed by atoms with van der Waals surface area (Å²) in [6, 6.07) is 9.03. The normalized spacial score (nSPS) is 11.6. The average molecular weight is 238 g/mol. The zero-order chi connectivity index (χ0) is 12.0. The molecule has 0 aromatic heterocycles. The van der Waals surface area contributed by atoms with Crippen molar-refractivity contribution in [2.75, 3.05) is 0 Å². The molecule has 0 aliphatic heterocycles. The highest BCUT2D eigenvalue weighted by atomic mass is 32.1. The van der Waals surface area contributed by atoms with Crippen molar-refractivity contribution >= 4 is 24.6 Å². The molecule has 1 aromatic rings. The van der Waals surface area contributed by atoms with Gasteiger partial charge in [-0.15, -0.1) is 0 Å². The summed E-state index contributed by atoms with van der Waals surface area (Å²) in [6.45, 7) is 1.43. The predicted molar refractivity (Wildman–Crippen MR) is 64.7 cm³/mol. The van der Waals surface area contributed by atoms with Gasteiger partial charge in [0.2, 0.25) is 11.8 Å². The van der Waals surface area contributed by atoms with E-state index >= 15 is 0 Å². The summed E-state index contributed by atoms with van der Waals surface area (Å²) in [4.78, 5) is 22.3. The molecule has 5 heteroatoms.